The third-order valence-electron chi connectivity index (χ3n) is 3.14. The van der Waals surface area contributed by atoms with Crippen molar-refractivity contribution >= 4 is 11.5 Å². The second kappa shape index (κ2) is 3.83. The van der Waals surface area contributed by atoms with E-state index < -0.39 is 0 Å². The maximum atomic E-state index is 5.94. The Bertz CT molecular complexity index is 322. The predicted molar refractivity (Wildman–Crippen MR) is 57.0 cm³/mol. The number of aromatic nitrogens is 1. The summed E-state index contributed by atoms with van der Waals surface area (Å²) in [5, 5.41) is 5.50. The topological polar surface area (TPSA) is 43.4 Å². The van der Waals surface area contributed by atoms with Crippen molar-refractivity contribution in [1.82, 2.24) is 9.69 Å². The van der Waals surface area contributed by atoms with Gasteiger partial charge in [0.25, 0.3) is 0 Å². The first-order valence-corrected chi connectivity index (χ1v) is 6.10. The lowest BCUT2D eigenvalue weighted by molar-refractivity contribution is -0.0996. The van der Waals surface area contributed by atoms with Gasteiger partial charge in [-0.05, 0) is 17.6 Å². The molecule has 5 heteroatoms. The van der Waals surface area contributed by atoms with Gasteiger partial charge in [-0.3, -0.25) is 0 Å². The van der Waals surface area contributed by atoms with Crippen LogP contribution in [-0.4, -0.2) is 36.3 Å². The Labute approximate surface area is 92.8 Å². The average Bonchev–Trinajstić information content (AvgIpc) is 2.90. The van der Waals surface area contributed by atoms with Crippen LogP contribution in [0, 0.1) is 0 Å². The van der Waals surface area contributed by atoms with E-state index >= 15 is 0 Å². The van der Waals surface area contributed by atoms with Crippen LogP contribution in [0.15, 0.2) is 11.4 Å². The molecule has 3 heterocycles. The molecular formula is C10H14N2O2S. The fourth-order valence-corrected chi connectivity index (χ4v) is 2.92. The van der Waals surface area contributed by atoms with E-state index in [-0.39, 0.29) is 11.6 Å². The Hall–Kier alpha value is -0.490. The minimum atomic E-state index is -0.174. The normalized spacial score (nSPS) is 36.1. The number of morpholine rings is 1. The summed E-state index contributed by atoms with van der Waals surface area (Å²) in [4.78, 5) is 0. The maximum Gasteiger partial charge on any atom is 0.115 e. The first-order valence-electron chi connectivity index (χ1n) is 5.26. The summed E-state index contributed by atoms with van der Waals surface area (Å²) < 4.78 is 15.8. The highest BCUT2D eigenvalue weighted by atomic mass is 32.1. The molecule has 2 aliphatic rings. The maximum absolute atomic E-state index is 5.94. The molecule has 82 valence electrons. The van der Waals surface area contributed by atoms with Crippen molar-refractivity contribution in [3.63, 3.8) is 0 Å². The van der Waals surface area contributed by atoms with Gasteiger partial charge in [-0.15, -0.1) is 0 Å². The lowest BCUT2D eigenvalue weighted by Crippen LogP contribution is -2.52. The molecule has 15 heavy (non-hydrogen) atoms. The van der Waals surface area contributed by atoms with Crippen LogP contribution in [0.2, 0.25) is 0 Å². The standard InChI is InChI=1S/C10H14N2O2S/c1-6-15-12-8(1)9-10(2-4-13-7-10)14-5-3-11-9/h1,6,9,11H,2-5,7H2. The number of nitrogens with zero attached hydrogens (tertiary/aromatic N) is 1. The van der Waals surface area contributed by atoms with Crippen LogP contribution in [0.4, 0.5) is 0 Å². The van der Waals surface area contributed by atoms with Gasteiger partial charge < -0.3 is 14.8 Å². The van der Waals surface area contributed by atoms with Gasteiger partial charge in [0.1, 0.15) is 5.60 Å². The molecule has 2 fully saturated rings. The van der Waals surface area contributed by atoms with Gasteiger partial charge in [0.2, 0.25) is 0 Å². The van der Waals surface area contributed by atoms with E-state index in [1.807, 2.05) is 5.38 Å². The van der Waals surface area contributed by atoms with Crippen LogP contribution in [-0.2, 0) is 9.47 Å². The van der Waals surface area contributed by atoms with E-state index in [4.69, 9.17) is 9.47 Å². The number of hydrogen-bond donors (Lipinski definition) is 1. The lowest BCUT2D eigenvalue weighted by atomic mass is 9.89. The van der Waals surface area contributed by atoms with E-state index in [2.05, 4.69) is 15.8 Å². The van der Waals surface area contributed by atoms with Gasteiger partial charge in [0.15, 0.2) is 0 Å². The van der Waals surface area contributed by atoms with Crippen LogP contribution in [0.5, 0.6) is 0 Å². The minimum Gasteiger partial charge on any atom is -0.378 e. The molecule has 0 bridgehead atoms. The van der Waals surface area contributed by atoms with Crippen molar-refractivity contribution in [3.8, 4) is 0 Å². The van der Waals surface area contributed by atoms with Crippen LogP contribution in [0.1, 0.15) is 18.2 Å². The van der Waals surface area contributed by atoms with E-state index in [1.54, 1.807) is 0 Å². The lowest BCUT2D eigenvalue weighted by Gasteiger charge is -2.40. The Morgan fingerprint density at radius 1 is 1.53 bits per heavy atom. The molecule has 2 atom stereocenters. The second-order valence-corrected chi connectivity index (χ2v) is 4.69. The van der Waals surface area contributed by atoms with Gasteiger partial charge in [0, 0.05) is 25.0 Å². The number of ether oxygens (including phenoxy) is 2. The summed E-state index contributed by atoms with van der Waals surface area (Å²) in [5.74, 6) is 0. The van der Waals surface area contributed by atoms with Crippen molar-refractivity contribution in [1.29, 1.82) is 0 Å². The molecule has 3 rings (SSSR count). The smallest absolute Gasteiger partial charge is 0.115 e. The van der Waals surface area contributed by atoms with E-state index in [0.717, 1.165) is 31.9 Å². The van der Waals surface area contributed by atoms with Crippen LogP contribution < -0.4 is 5.32 Å². The van der Waals surface area contributed by atoms with Crippen molar-refractivity contribution in [2.45, 2.75) is 18.1 Å². The van der Waals surface area contributed by atoms with Crippen molar-refractivity contribution < 1.29 is 9.47 Å². The average molecular weight is 226 g/mol. The zero-order valence-electron chi connectivity index (χ0n) is 8.44. The van der Waals surface area contributed by atoms with E-state index in [1.165, 1.54) is 11.5 Å². The van der Waals surface area contributed by atoms with Crippen molar-refractivity contribution in [2.24, 2.45) is 0 Å². The van der Waals surface area contributed by atoms with Crippen molar-refractivity contribution in [2.75, 3.05) is 26.4 Å². The molecule has 1 aromatic rings. The molecule has 0 aliphatic carbocycles. The fraction of sp³-hybridized carbons (Fsp3) is 0.700. The zero-order valence-corrected chi connectivity index (χ0v) is 9.26. The van der Waals surface area contributed by atoms with Gasteiger partial charge in [-0.2, -0.15) is 4.37 Å². The summed E-state index contributed by atoms with van der Waals surface area (Å²) in [6.45, 7) is 3.14. The number of hydrogen-bond acceptors (Lipinski definition) is 5. The number of rotatable bonds is 1. The largest absolute Gasteiger partial charge is 0.378 e. The van der Waals surface area contributed by atoms with Crippen LogP contribution in [0.3, 0.4) is 0 Å². The molecule has 2 saturated heterocycles. The highest BCUT2D eigenvalue weighted by molar-refractivity contribution is 7.03. The molecule has 1 spiro atoms. The minimum absolute atomic E-state index is 0.174. The van der Waals surface area contributed by atoms with E-state index in [0.29, 0.717) is 6.61 Å². The molecule has 0 radical (unpaired) electrons. The summed E-state index contributed by atoms with van der Waals surface area (Å²) in [7, 11) is 0. The van der Waals surface area contributed by atoms with Gasteiger partial charge >= 0.3 is 0 Å². The van der Waals surface area contributed by atoms with Crippen LogP contribution >= 0.6 is 11.5 Å². The summed E-state index contributed by atoms with van der Waals surface area (Å²) in [6, 6.07) is 2.26. The number of nitrogens with one attached hydrogen (secondary N) is 1. The molecule has 1 N–H and O–H groups in total. The van der Waals surface area contributed by atoms with Gasteiger partial charge in [0.05, 0.1) is 24.9 Å². The summed E-state index contributed by atoms with van der Waals surface area (Å²) in [6.07, 6.45) is 0.961. The fourth-order valence-electron chi connectivity index (χ4n) is 2.38. The Balaban J connectivity index is 1.90. The van der Waals surface area contributed by atoms with Gasteiger partial charge in [-0.25, -0.2) is 0 Å². The van der Waals surface area contributed by atoms with Crippen LogP contribution in [0.25, 0.3) is 0 Å². The Morgan fingerprint density at radius 3 is 3.27 bits per heavy atom. The molecule has 2 unspecified atom stereocenters. The summed E-state index contributed by atoms with van der Waals surface area (Å²) in [5.41, 5.74) is 0.914. The van der Waals surface area contributed by atoms with E-state index in [9.17, 15) is 0 Å². The monoisotopic (exact) mass is 226 g/mol. The Morgan fingerprint density at radius 2 is 2.53 bits per heavy atom. The SMILES string of the molecule is c1cc(C2NCCOC23CCOC3)ns1. The molecule has 0 saturated carbocycles. The highest BCUT2D eigenvalue weighted by Crippen LogP contribution is 2.37. The van der Waals surface area contributed by atoms with Crippen molar-refractivity contribution in [3.05, 3.63) is 17.1 Å². The molecule has 4 nitrogen and oxygen atoms in total. The molecule has 0 amide bonds. The zero-order chi connectivity index (χ0) is 10.1. The molecular weight excluding hydrogens is 212 g/mol. The third-order valence-corrected chi connectivity index (χ3v) is 3.71. The Kier molecular flexibility index (Phi) is 2.48. The first-order chi connectivity index (χ1) is 7.41. The molecule has 1 aromatic heterocycles. The highest BCUT2D eigenvalue weighted by Gasteiger charge is 2.46. The third kappa shape index (κ3) is 1.59. The first kappa shape index (κ1) is 9.72. The molecule has 0 aromatic carbocycles. The second-order valence-electron chi connectivity index (χ2n) is 4.03. The molecule has 2 aliphatic heterocycles. The van der Waals surface area contributed by atoms with Gasteiger partial charge in [-0.1, -0.05) is 0 Å². The quantitative estimate of drug-likeness (QED) is 0.774. The predicted octanol–water partition coefficient (Wildman–Crippen LogP) is 0.963. The summed E-state index contributed by atoms with van der Waals surface area (Å²) >= 11 is 1.49.